The summed E-state index contributed by atoms with van der Waals surface area (Å²) in [5.41, 5.74) is 0. The topological polar surface area (TPSA) is 80.0 Å². The number of carbonyl (C=O) groups excluding carboxylic acids is 1. The summed E-state index contributed by atoms with van der Waals surface area (Å²) in [6, 6.07) is 10.3. The number of carbonyl (C=O) groups is 1. The Morgan fingerprint density at radius 2 is 1.81 bits per heavy atom. The van der Waals surface area contributed by atoms with E-state index < -0.39 is 9.84 Å². The Hall–Kier alpha value is -2.00. The molecule has 1 amide bonds. The molecule has 0 atom stereocenters. The number of rotatable bonds is 5. The van der Waals surface area contributed by atoms with Crippen LogP contribution < -0.4 is 9.28 Å². The van der Waals surface area contributed by atoms with Crippen molar-refractivity contribution < 1.29 is 13.2 Å². The van der Waals surface area contributed by atoms with Crippen LogP contribution in [0.2, 0.25) is 5.02 Å². The van der Waals surface area contributed by atoms with E-state index in [0.29, 0.717) is 22.9 Å². The highest BCUT2D eigenvalue weighted by Gasteiger charge is 2.42. The molecule has 1 aliphatic heterocycles. The van der Waals surface area contributed by atoms with Crippen LogP contribution in [0.25, 0.3) is 10.8 Å². The number of likely N-dealkylation sites (tertiary alicyclic amines) is 1. The van der Waals surface area contributed by atoms with Gasteiger partial charge in [0.25, 0.3) is 0 Å². The number of halogens is 1. The number of piperidine rings is 1. The van der Waals surface area contributed by atoms with Crippen molar-refractivity contribution in [1.82, 2.24) is 9.05 Å². The first kappa shape index (κ1) is 22.2. The minimum Gasteiger partial charge on any atom is -0.321 e. The van der Waals surface area contributed by atoms with E-state index in [9.17, 15) is 13.2 Å². The lowest BCUT2D eigenvalue weighted by Crippen LogP contribution is -2.57. The van der Waals surface area contributed by atoms with Gasteiger partial charge in [-0.2, -0.15) is 0 Å². The molecule has 1 aliphatic rings. The normalized spacial score (nSPS) is 16.5. The van der Waals surface area contributed by atoms with Crippen LogP contribution in [0.3, 0.4) is 0 Å². The van der Waals surface area contributed by atoms with Crippen LogP contribution in [0.4, 0.5) is 5.00 Å². The molecule has 1 aromatic heterocycles. The van der Waals surface area contributed by atoms with Gasteiger partial charge in [-0.15, -0.1) is 0 Å². The minimum absolute atomic E-state index is 0.0457. The number of quaternary nitrogens is 1. The first-order valence-corrected chi connectivity index (χ1v) is 13.1. The van der Waals surface area contributed by atoms with Gasteiger partial charge in [0.2, 0.25) is 5.00 Å². The third-order valence-corrected chi connectivity index (χ3v) is 9.12. The van der Waals surface area contributed by atoms with Crippen molar-refractivity contribution in [2.45, 2.75) is 30.6 Å². The summed E-state index contributed by atoms with van der Waals surface area (Å²) in [5, 5.41) is 11.1. The van der Waals surface area contributed by atoms with Crippen LogP contribution in [0.15, 0.2) is 47.5 Å². The summed E-state index contributed by atoms with van der Waals surface area (Å²) < 4.78 is 27.9. The molecule has 0 saturated carbocycles. The molecule has 1 fully saturated rings. The van der Waals surface area contributed by atoms with Crippen molar-refractivity contribution >= 4 is 54.5 Å². The summed E-state index contributed by atoms with van der Waals surface area (Å²) in [6.45, 7) is 1.32. The zero-order valence-electron chi connectivity index (χ0n) is 17.3. The third kappa shape index (κ3) is 4.35. The number of aromatic nitrogens is 1. The number of hydrogen-bond donors (Lipinski definition) is 1. The molecule has 1 saturated heterocycles. The van der Waals surface area contributed by atoms with E-state index in [0.717, 1.165) is 35.0 Å². The van der Waals surface area contributed by atoms with E-state index >= 15 is 0 Å². The second-order valence-electron chi connectivity index (χ2n) is 8.08. The van der Waals surface area contributed by atoms with Gasteiger partial charge in [0.05, 0.1) is 36.4 Å². The van der Waals surface area contributed by atoms with Gasteiger partial charge in [0.15, 0.2) is 14.6 Å². The quantitative estimate of drug-likeness (QED) is 0.556. The van der Waals surface area contributed by atoms with Gasteiger partial charge in [-0.05, 0) is 65.6 Å². The molecular formula is C22H25ClN3O3S2+. The van der Waals surface area contributed by atoms with Crippen molar-refractivity contribution in [2.24, 2.45) is 7.05 Å². The lowest BCUT2D eigenvalue weighted by Gasteiger charge is -2.36. The van der Waals surface area contributed by atoms with Gasteiger partial charge in [-0.25, -0.2) is 17.7 Å². The lowest BCUT2D eigenvalue weighted by molar-refractivity contribution is -0.130. The number of aryl methyl sites for hydroxylation is 1. The van der Waals surface area contributed by atoms with Crippen molar-refractivity contribution in [3.63, 3.8) is 0 Å². The van der Waals surface area contributed by atoms with Crippen LogP contribution in [-0.2, 0) is 21.7 Å². The number of amides is 1. The van der Waals surface area contributed by atoms with Crippen LogP contribution in [-0.4, -0.2) is 37.7 Å². The number of nitrogens with one attached hydrogen (secondary N) is 1. The fourth-order valence-corrected chi connectivity index (χ4v) is 6.71. The molecule has 0 unspecified atom stereocenters. The molecule has 3 aromatic rings. The summed E-state index contributed by atoms with van der Waals surface area (Å²) in [7, 11) is -1.81. The summed E-state index contributed by atoms with van der Waals surface area (Å²) in [5.74, 6) is -0.311. The van der Waals surface area contributed by atoms with Crippen LogP contribution in [0.1, 0.15) is 25.7 Å². The molecule has 6 nitrogen and oxygen atoms in total. The van der Waals surface area contributed by atoms with Gasteiger partial charge in [0.1, 0.15) is 0 Å². The fraction of sp³-hybridized carbons (Fsp3) is 0.364. The number of thiazole rings is 1. The minimum atomic E-state index is -3.61. The van der Waals surface area contributed by atoms with E-state index in [-0.39, 0.29) is 27.5 Å². The number of sulfone groups is 1. The van der Waals surface area contributed by atoms with Gasteiger partial charge in [0, 0.05) is 12.1 Å². The molecule has 0 aliphatic carbocycles. The first-order valence-electron chi connectivity index (χ1n) is 10.3. The zero-order chi connectivity index (χ0) is 22.2. The molecule has 0 radical (unpaired) electrons. The maximum absolute atomic E-state index is 13.4. The SMILES string of the molecule is Cn1cc([N+]2(C(=O)CCS(=O)(=O)c3ccc4cc(Cl)ccc4c3)CCCCC2)sc1=N. The summed E-state index contributed by atoms with van der Waals surface area (Å²) in [4.78, 5) is 14.0. The Morgan fingerprint density at radius 3 is 2.48 bits per heavy atom. The van der Waals surface area contributed by atoms with Gasteiger partial charge in [-0.3, -0.25) is 5.41 Å². The highest BCUT2D eigenvalue weighted by molar-refractivity contribution is 7.91. The van der Waals surface area contributed by atoms with Crippen LogP contribution in [0, 0.1) is 5.41 Å². The predicted molar refractivity (Wildman–Crippen MR) is 125 cm³/mol. The van der Waals surface area contributed by atoms with E-state index in [1.807, 2.05) is 6.20 Å². The van der Waals surface area contributed by atoms with Crippen LogP contribution in [0.5, 0.6) is 0 Å². The molecule has 1 N–H and O–H groups in total. The van der Waals surface area contributed by atoms with E-state index in [1.54, 1.807) is 48.0 Å². The smallest absolute Gasteiger partial charge is 0.320 e. The Kier molecular flexibility index (Phi) is 6.09. The largest absolute Gasteiger partial charge is 0.321 e. The highest BCUT2D eigenvalue weighted by Crippen LogP contribution is 2.32. The van der Waals surface area contributed by atoms with Crippen molar-refractivity contribution in [3.8, 4) is 0 Å². The maximum Gasteiger partial charge on any atom is 0.320 e. The molecule has 0 bridgehead atoms. The molecule has 2 heterocycles. The standard InChI is InChI=1S/C22H25ClN3O3S2/c1-25-15-21(30-22(25)24)26(10-3-2-4-11-26)20(27)9-12-31(28,29)19-8-6-16-13-18(23)7-5-17(16)14-19/h5-8,13-15,24H,2-4,9-12H2,1H3/q+1. The highest BCUT2D eigenvalue weighted by atomic mass is 35.5. The third-order valence-electron chi connectivity index (χ3n) is 6.02. The molecular weight excluding hydrogens is 454 g/mol. The number of hydrogen-bond acceptors (Lipinski definition) is 5. The van der Waals surface area contributed by atoms with E-state index in [2.05, 4.69) is 0 Å². The second kappa shape index (κ2) is 8.50. The molecule has 164 valence electrons. The van der Waals surface area contributed by atoms with Crippen LogP contribution >= 0.6 is 22.9 Å². The molecule has 0 spiro atoms. The Labute approximate surface area is 190 Å². The maximum atomic E-state index is 13.4. The monoisotopic (exact) mass is 478 g/mol. The number of benzene rings is 2. The van der Waals surface area contributed by atoms with Gasteiger partial charge in [-0.1, -0.05) is 23.7 Å². The molecule has 9 heteroatoms. The average Bonchev–Trinajstić information content (AvgIpc) is 3.11. The van der Waals surface area contributed by atoms with Gasteiger partial charge >= 0.3 is 5.91 Å². The lowest BCUT2D eigenvalue weighted by atomic mass is 10.1. The number of fused-ring (bicyclic) bond motifs is 1. The molecule has 31 heavy (non-hydrogen) atoms. The van der Waals surface area contributed by atoms with Crippen molar-refractivity contribution in [2.75, 3.05) is 18.8 Å². The Morgan fingerprint density at radius 1 is 1.13 bits per heavy atom. The second-order valence-corrected chi connectivity index (χ2v) is 11.6. The van der Waals surface area contributed by atoms with Gasteiger partial charge < -0.3 is 4.57 Å². The van der Waals surface area contributed by atoms with E-state index in [1.165, 1.54) is 11.3 Å². The molecule has 4 rings (SSSR count). The van der Waals surface area contributed by atoms with E-state index in [4.69, 9.17) is 17.0 Å². The fourth-order valence-electron chi connectivity index (χ4n) is 4.21. The summed E-state index contributed by atoms with van der Waals surface area (Å²) >= 11 is 7.31. The molecule has 2 aromatic carbocycles. The van der Waals surface area contributed by atoms with Crippen molar-refractivity contribution in [1.29, 1.82) is 5.41 Å². The predicted octanol–water partition coefficient (Wildman–Crippen LogP) is 4.25. The average molecular weight is 479 g/mol. The number of nitrogens with zero attached hydrogens (tertiary/aromatic N) is 2. The summed E-state index contributed by atoms with van der Waals surface area (Å²) in [6.07, 6.45) is 4.70. The first-order chi connectivity index (χ1) is 14.7. The Balaban J connectivity index is 1.58. The Bertz CT molecular complexity index is 1310. The zero-order valence-corrected chi connectivity index (χ0v) is 19.7. The van der Waals surface area contributed by atoms with Crippen molar-refractivity contribution in [3.05, 3.63) is 52.4 Å².